The lowest BCUT2D eigenvalue weighted by molar-refractivity contribution is 0.415. The van der Waals surface area contributed by atoms with Crippen LogP contribution in [0.25, 0.3) is 11.0 Å². The molecule has 4 nitrogen and oxygen atoms in total. The molecule has 0 saturated carbocycles. The van der Waals surface area contributed by atoms with Crippen LogP contribution in [0.4, 0.5) is 5.69 Å². The molecule has 0 atom stereocenters. The minimum Gasteiger partial charge on any atom is -0.497 e. The Balaban J connectivity index is 1.78. The van der Waals surface area contributed by atoms with E-state index < -0.39 is 0 Å². The monoisotopic (exact) mass is 341 g/mol. The van der Waals surface area contributed by atoms with Crippen LogP contribution in [0, 0.1) is 0 Å². The normalized spacial score (nSPS) is 11.0. The maximum Gasteiger partial charge on any atom is 0.166 e. The van der Waals surface area contributed by atoms with Crippen LogP contribution >= 0.6 is 11.8 Å². The molecule has 3 aromatic rings. The number of imidazole rings is 1. The molecule has 0 bridgehead atoms. The van der Waals surface area contributed by atoms with E-state index in [0.29, 0.717) is 0 Å². The highest BCUT2D eigenvalue weighted by atomic mass is 32.2. The molecule has 5 heteroatoms. The minimum absolute atomic E-state index is 0.842. The van der Waals surface area contributed by atoms with Crippen molar-refractivity contribution in [2.45, 2.75) is 24.8 Å². The van der Waals surface area contributed by atoms with Crippen LogP contribution < -0.4 is 9.64 Å². The second-order valence-electron chi connectivity index (χ2n) is 5.51. The first kappa shape index (κ1) is 16.7. The highest BCUT2D eigenvalue weighted by Crippen LogP contribution is 2.29. The van der Waals surface area contributed by atoms with E-state index >= 15 is 0 Å². The molecule has 1 heterocycles. The molecule has 0 amide bonds. The van der Waals surface area contributed by atoms with E-state index in [4.69, 9.17) is 4.74 Å². The molecule has 126 valence electrons. The van der Waals surface area contributed by atoms with Gasteiger partial charge in [0.15, 0.2) is 5.16 Å². The molecule has 0 saturated heterocycles. The van der Waals surface area contributed by atoms with Gasteiger partial charge in [-0.25, -0.2) is 4.98 Å². The molecule has 2 aromatic carbocycles. The van der Waals surface area contributed by atoms with Crippen molar-refractivity contribution in [3.05, 3.63) is 48.0 Å². The van der Waals surface area contributed by atoms with Crippen LogP contribution in [-0.4, -0.2) is 30.2 Å². The van der Waals surface area contributed by atoms with Gasteiger partial charge in [0.05, 0.1) is 18.1 Å². The summed E-state index contributed by atoms with van der Waals surface area (Å²) in [4.78, 5) is 10.4. The second kappa shape index (κ2) is 7.62. The Morgan fingerprint density at radius 3 is 2.67 bits per heavy atom. The third kappa shape index (κ3) is 3.51. The molecule has 3 rings (SSSR count). The lowest BCUT2D eigenvalue weighted by atomic mass is 10.2. The molecule has 0 aliphatic heterocycles. The molecular formula is C19H23N3OS. The average molecular weight is 341 g/mol. The number of ether oxygens (including phenoxy) is 1. The fraction of sp³-hybridized carbons (Fsp3) is 0.316. The number of fused-ring (bicyclic) bond motifs is 1. The number of aromatic nitrogens is 2. The van der Waals surface area contributed by atoms with Gasteiger partial charge in [0.2, 0.25) is 0 Å². The topological polar surface area (TPSA) is 41.2 Å². The number of nitrogens with one attached hydrogen (secondary N) is 1. The van der Waals surface area contributed by atoms with E-state index in [-0.39, 0.29) is 0 Å². The van der Waals surface area contributed by atoms with Crippen LogP contribution in [-0.2, 0) is 5.75 Å². The summed E-state index contributed by atoms with van der Waals surface area (Å²) >= 11 is 1.73. The lowest BCUT2D eigenvalue weighted by Gasteiger charge is -2.23. The Morgan fingerprint density at radius 1 is 1.12 bits per heavy atom. The summed E-state index contributed by atoms with van der Waals surface area (Å²) in [7, 11) is 1.68. The van der Waals surface area contributed by atoms with Crippen LogP contribution in [0.3, 0.4) is 0 Å². The molecule has 0 unspecified atom stereocenters. The Bertz CT molecular complexity index is 811. The number of para-hydroxylation sites is 1. The van der Waals surface area contributed by atoms with E-state index in [1.807, 2.05) is 18.2 Å². The van der Waals surface area contributed by atoms with Crippen LogP contribution in [0.2, 0.25) is 0 Å². The van der Waals surface area contributed by atoms with Crippen LogP contribution in [0.5, 0.6) is 5.75 Å². The highest BCUT2D eigenvalue weighted by Gasteiger charge is 2.10. The number of hydrogen-bond donors (Lipinski definition) is 1. The predicted octanol–water partition coefficient (Wildman–Crippen LogP) is 4.71. The van der Waals surface area contributed by atoms with Gasteiger partial charge in [-0.05, 0) is 37.6 Å². The van der Waals surface area contributed by atoms with Gasteiger partial charge in [-0.15, -0.1) is 0 Å². The molecule has 0 radical (unpaired) electrons. The maximum absolute atomic E-state index is 5.27. The standard InChI is InChI=1S/C19H23N3OS/c1-4-22(5-2)18-9-7-6-8-14(18)13-24-19-20-16-11-10-15(23-3)12-17(16)21-19/h6-12H,4-5,13H2,1-3H3,(H,20,21). The molecule has 1 aromatic heterocycles. The van der Waals surface area contributed by atoms with Gasteiger partial charge in [-0.3, -0.25) is 0 Å². The van der Waals surface area contributed by atoms with Gasteiger partial charge in [0.25, 0.3) is 0 Å². The fourth-order valence-electron chi connectivity index (χ4n) is 2.81. The van der Waals surface area contributed by atoms with Gasteiger partial charge < -0.3 is 14.6 Å². The summed E-state index contributed by atoms with van der Waals surface area (Å²) < 4.78 is 5.27. The summed E-state index contributed by atoms with van der Waals surface area (Å²) in [5.41, 5.74) is 4.63. The first-order valence-electron chi connectivity index (χ1n) is 8.24. The number of anilines is 1. The summed E-state index contributed by atoms with van der Waals surface area (Å²) in [6.45, 7) is 6.42. The maximum atomic E-state index is 5.27. The first-order chi connectivity index (χ1) is 11.7. The lowest BCUT2D eigenvalue weighted by Crippen LogP contribution is -2.22. The third-order valence-corrected chi connectivity index (χ3v) is 5.05. The summed E-state index contributed by atoms with van der Waals surface area (Å²) in [6.07, 6.45) is 0. The third-order valence-electron chi connectivity index (χ3n) is 4.13. The van der Waals surface area contributed by atoms with Gasteiger partial charge in [-0.1, -0.05) is 30.0 Å². The highest BCUT2D eigenvalue weighted by molar-refractivity contribution is 7.98. The largest absolute Gasteiger partial charge is 0.497 e. The zero-order valence-corrected chi connectivity index (χ0v) is 15.2. The van der Waals surface area contributed by atoms with Crippen LogP contribution in [0.15, 0.2) is 47.6 Å². The Morgan fingerprint density at radius 2 is 1.92 bits per heavy atom. The van der Waals surface area contributed by atoms with E-state index in [9.17, 15) is 0 Å². The smallest absolute Gasteiger partial charge is 0.166 e. The summed E-state index contributed by atoms with van der Waals surface area (Å²) in [5, 5.41) is 0.938. The van der Waals surface area contributed by atoms with Crippen molar-refractivity contribution in [3.8, 4) is 5.75 Å². The number of aromatic amines is 1. The van der Waals surface area contributed by atoms with Gasteiger partial charge in [-0.2, -0.15) is 0 Å². The second-order valence-corrected chi connectivity index (χ2v) is 6.48. The van der Waals surface area contributed by atoms with Crippen molar-refractivity contribution in [1.82, 2.24) is 9.97 Å². The average Bonchev–Trinajstić information content (AvgIpc) is 3.03. The molecular weight excluding hydrogens is 318 g/mol. The van der Waals surface area contributed by atoms with E-state index in [0.717, 1.165) is 40.8 Å². The molecule has 24 heavy (non-hydrogen) atoms. The number of rotatable bonds is 7. The SMILES string of the molecule is CCN(CC)c1ccccc1CSc1nc2ccc(OC)cc2[nH]1. The fourth-order valence-corrected chi connectivity index (χ4v) is 3.69. The quantitative estimate of drug-likeness (QED) is 0.632. The zero-order chi connectivity index (χ0) is 16.9. The van der Waals surface area contributed by atoms with Crippen molar-refractivity contribution in [2.75, 3.05) is 25.1 Å². The molecule has 0 aliphatic carbocycles. The predicted molar refractivity (Wildman–Crippen MR) is 102 cm³/mol. The number of nitrogens with zero attached hydrogens (tertiary/aromatic N) is 2. The number of thioether (sulfide) groups is 1. The molecule has 0 aliphatic rings. The van der Waals surface area contributed by atoms with Crippen molar-refractivity contribution in [1.29, 1.82) is 0 Å². The van der Waals surface area contributed by atoms with Crippen LogP contribution in [0.1, 0.15) is 19.4 Å². The van der Waals surface area contributed by atoms with E-state index in [1.54, 1.807) is 18.9 Å². The Hall–Kier alpha value is -2.14. The van der Waals surface area contributed by atoms with E-state index in [1.165, 1.54) is 11.3 Å². The van der Waals surface area contributed by atoms with Crippen molar-refractivity contribution in [2.24, 2.45) is 0 Å². The van der Waals surface area contributed by atoms with Gasteiger partial charge in [0, 0.05) is 30.6 Å². The number of H-pyrrole nitrogens is 1. The summed E-state index contributed by atoms with van der Waals surface area (Å²) in [5.74, 6) is 1.73. The number of hydrogen-bond acceptors (Lipinski definition) is 4. The molecule has 0 fully saturated rings. The number of benzene rings is 2. The molecule has 0 spiro atoms. The van der Waals surface area contributed by atoms with Crippen molar-refractivity contribution < 1.29 is 4.74 Å². The van der Waals surface area contributed by atoms with E-state index in [2.05, 4.69) is 53.0 Å². The first-order valence-corrected chi connectivity index (χ1v) is 9.23. The minimum atomic E-state index is 0.842. The Kier molecular flexibility index (Phi) is 5.30. The Labute approximate surface area is 147 Å². The van der Waals surface area contributed by atoms with Gasteiger partial charge >= 0.3 is 0 Å². The van der Waals surface area contributed by atoms with Crippen molar-refractivity contribution in [3.63, 3.8) is 0 Å². The van der Waals surface area contributed by atoms with Gasteiger partial charge in [0.1, 0.15) is 5.75 Å². The summed E-state index contributed by atoms with van der Waals surface area (Å²) in [6, 6.07) is 14.5. The zero-order valence-electron chi connectivity index (χ0n) is 14.4. The van der Waals surface area contributed by atoms with Crippen molar-refractivity contribution >= 4 is 28.5 Å². The molecule has 1 N–H and O–H groups in total. The number of methoxy groups -OCH3 is 1.